The SMILES string of the molecule is Cc1ccc(S(=O)(=O)NC(C)C)cc1C(=O)NC(C)c1ccc(Br)cc1. The smallest absolute Gasteiger partial charge is 0.252 e. The number of hydrogen-bond acceptors (Lipinski definition) is 3. The molecule has 1 atom stereocenters. The van der Waals surface area contributed by atoms with Gasteiger partial charge in [0.25, 0.3) is 5.91 Å². The lowest BCUT2D eigenvalue weighted by Gasteiger charge is -2.16. The quantitative estimate of drug-likeness (QED) is 0.716. The third-order valence-corrected chi connectivity index (χ3v) is 6.06. The van der Waals surface area contributed by atoms with Gasteiger partial charge in [-0.3, -0.25) is 4.79 Å². The van der Waals surface area contributed by atoms with Gasteiger partial charge in [-0.25, -0.2) is 13.1 Å². The normalized spacial score (nSPS) is 12.8. The van der Waals surface area contributed by atoms with Crippen molar-refractivity contribution in [3.05, 3.63) is 63.6 Å². The van der Waals surface area contributed by atoms with Crippen molar-refractivity contribution in [1.29, 1.82) is 0 Å². The Balaban J connectivity index is 2.25. The molecule has 7 heteroatoms. The Hall–Kier alpha value is -1.70. The summed E-state index contributed by atoms with van der Waals surface area (Å²) in [6.07, 6.45) is 0. The number of halogens is 1. The van der Waals surface area contributed by atoms with E-state index in [-0.39, 0.29) is 22.9 Å². The summed E-state index contributed by atoms with van der Waals surface area (Å²) in [5, 5.41) is 2.92. The van der Waals surface area contributed by atoms with Gasteiger partial charge >= 0.3 is 0 Å². The van der Waals surface area contributed by atoms with Crippen LogP contribution in [0.15, 0.2) is 51.8 Å². The van der Waals surface area contributed by atoms with Crippen LogP contribution in [0.1, 0.15) is 48.3 Å². The number of rotatable bonds is 6. The van der Waals surface area contributed by atoms with Gasteiger partial charge in [-0.1, -0.05) is 34.1 Å². The minimum absolute atomic E-state index is 0.0817. The van der Waals surface area contributed by atoms with E-state index >= 15 is 0 Å². The molecule has 0 aliphatic rings. The minimum atomic E-state index is -3.65. The maximum absolute atomic E-state index is 12.7. The molecule has 0 aliphatic heterocycles. The summed E-state index contributed by atoms with van der Waals surface area (Å²) in [5.74, 6) is -0.306. The molecule has 2 rings (SSSR count). The summed E-state index contributed by atoms with van der Waals surface area (Å²) in [6, 6.07) is 11.8. The van der Waals surface area contributed by atoms with Crippen LogP contribution in [0, 0.1) is 6.92 Å². The Labute approximate surface area is 163 Å². The first kappa shape index (κ1) is 20.6. The Morgan fingerprint density at radius 2 is 1.65 bits per heavy atom. The zero-order valence-electron chi connectivity index (χ0n) is 15.2. The highest BCUT2D eigenvalue weighted by Crippen LogP contribution is 2.19. The maximum Gasteiger partial charge on any atom is 0.252 e. The summed E-state index contributed by atoms with van der Waals surface area (Å²) in [5.41, 5.74) is 2.03. The van der Waals surface area contributed by atoms with Crippen molar-refractivity contribution in [1.82, 2.24) is 10.0 Å². The largest absolute Gasteiger partial charge is 0.346 e. The van der Waals surface area contributed by atoms with Gasteiger partial charge in [-0.2, -0.15) is 0 Å². The first-order valence-electron chi connectivity index (χ1n) is 8.29. The summed E-state index contributed by atoms with van der Waals surface area (Å²) >= 11 is 3.38. The van der Waals surface area contributed by atoms with Crippen LogP contribution >= 0.6 is 15.9 Å². The fourth-order valence-corrected chi connectivity index (χ4v) is 4.04. The van der Waals surface area contributed by atoms with Gasteiger partial charge in [0.1, 0.15) is 0 Å². The van der Waals surface area contributed by atoms with Crippen LogP contribution in [0.3, 0.4) is 0 Å². The minimum Gasteiger partial charge on any atom is -0.346 e. The summed E-state index contributed by atoms with van der Waals surface area (Å²) in [6.45, 7) is 7.17. The predicted octanol–water partition coefficient (Wildman–Crippen LogP) is 3.94. The van der Waals surface area contributed by atoms with Gasteiger partial charge in [0.2, 0.25) is 10.0 Å². The highest BCUT2D eigenvalue weighted by atomic mass is 79.9. The van der Waals surface area contributed by atoms with E-state index in [1.54, 1.807) is 26.8 Å². The van der Waals surface area contributed by atoms with E-state index in [0.29, 0.717) is 11.1 Å². The predicted molar refractivity (Wildman–Crippen MR) is 107 cm³/mol. The Bertz CT molecular complexity index is 894. The Morgan fingerprint density at radius 3 is 2.23 bits per heavy atom. The molecule has 0 radical (unpaired) electrons. The van der Waals surface area contributed by atoms with Crippen LogP contribution in [0.2, 0.25) is 0 Å². The molecule has 0 saturated heterocycles. The van der Waals surface area contributed by atoms with E-state index in [9.17, 15) is 13.2 Å². The Morgan fingerprint density at radius 1 is 1.04 bits per heavy atom. The van der Waals surface area contributed by atoms with E-state index in [4.69, 9.17) is 0 Å². The van der Waals surface area contributed by atoms with Crippen LogP contribution in [0.5, 0.6) is 0 Å². The van der Waals surface area contributed by atoms with Crippen molar-refractivity contribution in [2.45, 2.75) is 44.7 Å². The molecule has 0 spiro atoms. The molecule has 5 nitrogen and oxygen atoms in total. The van der Waals surface area contributed by atoms with Crippen LogP contribution in [-0.4, -0.2) is 20.4 Å². The number of carbonyl (C=O) groups excluding carboxylic acids is 1. The molecule has 0 saturated carbocycles. The molecule has 2 N–H and O–H groups in total. The topological polar surface area (TPSA) is 75.3 Å². The molecule has 2 aromatic rings. The number of aryl methyl sites for hydroxylation is 1. The lowest BCUT2D eigenvalue weighted by Crippen LogP contribution is -2.31. The molecule has 2 aromatic carbocycles. The molecular weight excluding hydrogens is 416 g/mol. The van der Waals surface area contributed by atoms with Gasteiger partial charge in [-0.05, 0) is 63.1 Å². The van der Waals surface area contributed by atoms with Crippen molar-refractivity contribution in [2.24, 2.45) is 0 Å². The second kappa shape index (κ2) is 8.33. The number of benzene rings is 2. The van der Waals surface area contributed by atoms with E-state index in [0.717, 1.165) is 10.0 Å². The Kier molecular flexibility index (Phi) is 6.60. The molecule has 1 amide bonds. The molecule has 26 heavy (non-hydrogen) atoms. The number of nitrogens with one attached hydrogen (secondary N) is 2. The lowest BCUT2D eigenvalue weighted by atomic mass is 10.1. The van der Waals surface area contributed by atoms with Crippen molar-refractivity contribution >= 4 is 31.9 Å². The standard InChI is InChI=1S/C19H23BrN2O3S/c1-12(2)22-26(24,25)17-10-5-13(3)18(11-17)19(23)21-14(4)15-6-8-16(20)9-7-15/h5-12,14,22H,1-4H3,(H,21,23). The fraction of sp³-hybridized carbons (Fsp3) is 0.316. The highest BCUT2D eigenvalue weighted by Gasteiger charge is 2.20. The average molecular weight is 439 g/mol. The third-order valence-electron chi connectivity index (χ3n) is 3.87. The molecule has 0 bridgehead atoms. The van der Waals surface area contributed by atoms with Gasteiger partial charge in [0.05, 0.1) is 10.9 Å². The molecular formula is C19H23BrN2O3S. The van der Waals surface area contributed by atoms with Gasteiger partial charge < -0.3 is 5.32 Å². The van der Waals surface area contributed by atoms with Crippen LogP contribution < -0.4 is 10.0 Å². The van der Waals surface area contributed by atoms with E-state index < -0.39 is 10.0 Å². The number of amides is 1. The van der Waals surface area contributed by atoms with E-state index in [1.165, 1.54) is 12.1 Å². The van der Waals surface area contributed by atoms with Crippen LogP contribution in [-0.2, 0) is 10.0 Å². The van der Waals surface area contributed by atoms with Crippen molar-refractivity contribution in [2.75, 3.05) is 0 Å². The van der Waals surface area contributed by atoms with Crippen molar-refractivity contribution in [3.63, 3.8) is 0 Å². The van der Waals surface area contributed by atoms with Crippen LogP contribution in [0.25, 0.3) is 0 Å². The monoisotopic (exact) mass is 438 g/mol. The second-order valence-corrected chi connectivity index (χ2v) is 9.13. The molecule has 0 fully saturated rings. The molecule has 1 unspecified atom stereocenters. The maximum atomic E-state index is 12.7. The number of hydrogen-bond donors (Lipinski definition) is 2. The summed E-state index contributed by atoms with van der Waals surface area (Å²) in [4.78, 5) is 12.8. The molecule has 0 aliphatic carbocycles. The van der Waals surface area contributed by atoms with Gasteiger partial charge in [0, 0.05) is 16.1 Å². The zero-order chi connectivity index (χ0) is 19.5. The van der Waals surface area contributed by atoms with E-state index in [2.05, 4.69) is 26.0 Å². The van der Waals surface area contributed by atoms with Crippen LogP contribution in [0.4, 0.5) is 0 Å². The lowest BCUT2D eigenvalue weighted by molar-refractivity contribution is 0.0939. The fourth-order valence-electron chi connectivity index (χ4n) is 2.50. The van der Waals surface area contributed by atoms with Gasteiger partial charge in [-0.15, -0.1) is 0 Å². The molecule has 0 heterocycles. The first-order valence-corrected chi connectivity index (χ1v) is 10.6. The average Bonchev–Trinajstić information content (AvgIpc) is 2.54. The summed E-state index contributed by atoms with van der Waals surface area (Å²) < 4.78 is 28.2. The zero-order valence-corrected chi connectivity index (χ0v) is 17.6. The molecule has 140 valence electrons. The summed E-state index contributed by atoms with van der Waals surface area (Å²) in [7, 11) is -3.65. The third kappa shape index (κ3) is 5.16. The first-order chi connectivity index (χ1) is 12.1. The van der Waals surface area contributed by atoms with E-state index in [1.807, 2.05) is 31.2 Å². The molecule has 0 aromatic heterocycles. The highest BCUT2D eigenvalue weighted by molar-refractivity contribution is 9.10. The number of sulfonamides is 1. The number of carbonyl (C=O) groups is 1. The van der Waals surface area contributed by atoms with Gasteiger partial charge in [0.15, 0.2) is 0 Å². The second-order valence-electron chi connectivity index (χ2n) is 6.50. The van der Waals surface area contributed by atoms with Crippen molar-refractivity contribution in [3.8, 4) is 0 Å². The van der Waals surface area contributed by atoms with Crippen molar-refractivity contribution < 1.29 is 13.2 Å².